The zero-order chi connectivity index (χ0) is 58.7. The molecule has 5 saturated heterocycles. The van der Waals surface area contributed by atoms with Crippen molar-refractivity contribution in [2.75, 3.05) is 62.2 Å². The van der Waals surface area contributed by atoms with Crippen LogP contribution in [0.5, 0.6) is 11.8 Å². The molecule has 7 aromatic rings. The number of aromatic nitrogens is 5. The van der Waals surface area contributed by atoms with Crippen LogP contribution < -0.4 is 41.1 Å². The Bertz CT molecular complexity index is 3680. The largest absolute Gasteiger partial charge is 0.508 e. The Kier molecular flexibility index (Phi) is 15.6. The Hall–Kier alpha value is -7.26. The molecule has 5 aliphatic heterocycles. The molecular formula is C62H69F3N12O6S. The number of carbonyl (C=O) groups excluding carboxylic acids is 2. The molecule has 7 N–H and O–H groups in total. The number of phenolic OH excluding ortho intramolecular Hbond substituents is 1. The first-order chi connectivity index (χ1) is 40.4. The molecule has 4 aromatic heterocycles. The highest BCUT2D eigenvalue weighted by atomic mass is 32.1. The van der Waals surface area contributed by atoms with E-state index in [1.165, 1.54) is 30.5 Å². The molecule has 0 aliphatic carbocycles. The van der Waals surface area contributed by atoms with Crippen molar-refractivity contribution in [2.24, 2.45) is 0 Å². The molecule has 0 radical (unpaired) electrons. The molecule has 440 valence electrons. The Balaban J connectivity index is 0.731. The van der Waals surface area contributed by atoms with E-state index in [1.54, 1.807) is 17.5 Å². The van der Waals surface area contributed by atoms with Crippen molar-refractivity contribution in [3.63, 3.8) is 0 Å². The van der Waals surface area contributed by atoms with E-state index in [1.807, 2.05) is 57.5 Å². The van der Waals surface area contributed by atoms with Crippen LogP contribution in [-0.2, 0) is 15.0 Å². The molecule has 22 heteroatoms. The van der Waals surface area contributed by atoms with Gasteiger partial charge in [0, 0.05) is 105 Å². The fraction of sp³-hybridized carbons (Fsp3) is 0.468. The van der Waals surface area contributed by atoms with Crippen LogP contribution in [0.2, 0.25) is 0 Å². The zero-order valence-corrected chi connectivity index (χ0v) is 48.2. The number of hydrogen-bond donors (Lipinski definition) is 7. The standard InChI is InChI=1S/C62H69F3N12O6S/c1-6-45-48(63)14-11-38-21-43(78)22-46(51(38)45)53-52(64)54-47(29-68-53)57(76-31-40-12-13-41(32-76)73-40)75-59(74-54)82-20-15-39-23-61(65,16-17-67-39)24-42-27-66-18-19-77(42)49-30-71-83-56(49)60(4,5)26-50(80)62(25-44(79)28-70-62)58(81)72-34(2)36-7-9-37(10-8-36)55-35(3)69-33-84-55/h1,7-11,14,21-22,29-30,33-34,39-42,44,66-67,70,73,78-79H,12-13,15-20,23-28,31-32H2,2-5H3,(H,72,81)/t34-,39?,40?,41?,42?,44?,61?,62+/m0/s1. The number of thiazole rings is 1. The predicted molar refractivity (Wildman–Crippen MR) is 315 cm³/mol. The fourth-order valence-corrected chi connectivity index (χ4v) is 14.3. The van der Waals surface area contributed by atoms with Gasteiger partial charge in [-0.2, -0.15) is 9.97 Å². The lowest BCUT2D eigenvalue weighted by Gasteiger charge is -2.44. The SMILES string of the molecule is C#Cc1c(F)ccc2cc(O)cc(-c3ncc4c(N5CC6CCC(C5)N6)nc(OCCC5CC(F)(CC6CNCCN6c6cnoc6C(C)(C)CC(=O)[C@@]6(C(=O)N[C@@H](C)c7ccc(-c8scnc8C)cc7)CC(O)CN6)CCN5)nc4c3F)c12. The Morgan fingerprint density at radius 1 is 1.05 bits per heavy atom. The van der Waals surface area contributed by atoms with Gasteiger partial charge in [0.2, 0.25) is 5.91 Å². The van der Waals surface area contributed by atoms with E-state index in [4.69, 9.17) is 20.7 Å². The third-order valence-electron chi connectivity index (χ3n) is 17.8. The lowest BCUT2D eigenvalue weighted by Crippen LogP contribution is -2.60. The topological polar surface area (TPSA) is 228 Å². The first kappa shape index (κ1) is 57.2. The molecule has 0 saturated carbocycles. The number of aromatic hydroxyl groups is 1. The highest BCUT2D eigenvalue weighted by Gasteiger charge is 2.53. The highest BCUT2D eigenvalue weighted by molar-refractivity contribution is 7.13. The molecule has 8 atom stereocenters. The number of piperidine rings is 1. The first-order valence-corrected chi connectivity index (χ1v) is 29.8. The molecule has 1 amide bonds. The highest BCUT2D eigenvalue weighted by Crippen LogP contribution is 2.43. The molecule has 5 fully saturated rings. The number of carbonyl (C=O) groups is 2. The maximum absolute atomic E-state index is 17.6. The second-order valence-electron chi connectivity index (χ2n) is 24.1. The summed E-state index contributed by atoms with van der Waals surface area (Å²) in [4.78, 5) is 52.7. The number of alkyl halides is 1. The van der Waals surface area contributed by atoms with Crippen molar-refractivity contribution < 1.29 is 42.2 Å². The number of ketones is 1. The molecule has 6 unspecified atom stereocenters. The van der Waals surface area contributed by atoms with E-state index in [-0.39, 0.29) is 109 Å². The summed E-state index contributed by atoms with van der Waals surface area (Å²) < 4.78 is 62.3. The van der Waals surface area contributed by atoms with Crippen molar-refractivity contribution in [3.8, 4) is 45.8 Å². The number of Topliss-reactive ketones (excluding diaryl/α,β-unsaturated/α-hetero) is 1. The molecule has 9 heterocycles. The maximum Gasteiger partial charge on any atom is 0.319 e. The van der Waals surface area contributed by atoms with Gasteiger partial charge in [-0.3, -0.25) is 19.9 Å². The number of nitrogens with one attached hydrogen (secondary N) is 5. The molecule has 3 aromatic carbocycles. The number of hydrogen-bond acceptors (Lipinski definition) is 18. The lowest BCUT2D eigenvalue weighted by atomic mass is 9.77. The number of benzene rings is 3. The van der Waals surface area contributed by atoms with E-state index in [9.17, 15) is 19.8 Å². The van der Waals surface area contributed by atoms with E-state index < -0.39 is 52.1 Å². The van der Waals surface area contributed by atoms with Gasteiger partial charge >= 0.3 is 6.01 Å². The number of amides is 1. The van der Waals surface area contributed by atoms with E-state index in [0.29, 0.717) is 73.7 Å². The summed E-state index contributed by atoms with van der Waals surface area (Å²) in [5, 5.41) is 43.5. The average molecular weight is 1170 g/mol. The first-order valence-electron chi connectivity index (χ1n) is 28.9. The maximum atomic E-state index is 17.6. The van der Waals surface area contributed by atoms with Gasteiger partial charge < -0.3 is 50.5 Å². The summed E-state index contributed by atoms with van der Waals surface area (Å²) in [6.45, 7) is 11.0. The van der Waals surface area contributed by atoms with Crippen molar-refractivity contribution in [3.05, 3.63) is 101 Å². The molecule has 12 rings (SSSR count). The van der Waals surface area contributed by atoms with Gasteiger partial charge in [-0.1, -0.05) is 55.3 Å². The van der Waals surface area contributed by atoms with E-state index in [2.05, 4.69) is 62.4 Å². The predicted octanol–water partition coefficient (Wildman–Crippen LogP) is 7.48. The van der Waals surface area contributed by atoms with Gasteiger partial charge in [0.05, 0.1) is 52.0 Å². The van der Waals surface area contributed by atoms with Crippen LogP contribution in [-0.4, -0.2) is 141 Å². The third kappa shape index (κ3) is 11.1. The summed E-state index contributed by atoms with van der Waals surface area (Å²) in [5.74, 6) is 0.689. The minimum Gasteiger partial charge on any atom is -0.508 e. The second kappa shape index (κ2) is 23.0. The number of anilines is 2. The Morgan fingerprint density at radius 2 is 1.85 bits per heavy atom. The summed E-state index contributed by atoms with van der Waals surface area (Å²) >= 11 is 1.56. The van der Waals surface area contributed by atoms with Gasteiger partial charge in [-0.05, 0) is 87.2 Å². The third-order valence-corrected chi connectivity index (χ3v) is 18.7. The smallest absolute Gasteiger partial charge is 0.319 e. The number of aliphatic hydroxyl groups excluding tert-OH is 1. The number of aryl methyl sites for hydroxylation is 1. The summed E-state index contributed by atoms with van der Waals surface area (Å²) in [5.41, 5.74) is 0.769. The minimum absolute atomic E-state index is 0.0682. The monoisotopic (exact) mass is 1170 g/mol. The van der Waals surface area contributed by atoms with Gasteiger partial charge in [0.1, 0.15) is 40.0 Å². The number of fused-ring (bicyclic) bond motifs is 4. The van der Waals surface area contributed by atoms with Crippen LogP contribution in [0.15, 0.2) is 71.0 Å². The van der Waals surface area contributed by atoms with Crippen molar-refractivity contribution in [1.29, 1.82) is 0 Å². The van der Waals surface area contributed by atoms with Crippen LogP contribution in [0.1, 0.15) is 101 Å². The zero-order valence-electron chi connectivity index (χ0n) is 47.4. The number of halogens is 3. The Labute approximate surface area is 488 Å². The second-order valence-corrected chi connectivity index (χ2v) is 25.0. The van der Waals surface area contributed by atoms with Crippen molar-refractivity contribution in [1.82, 2.24) is 51.7 Å². The van der Waals surface area contributed by atoms with Gasteiger partial charge in [-0.15, -0.1) is 17.8 Å². The molecular weight excluding hydrogens is 1100 g/mol. The van der Waals surface area contributed by atoms with E-state index >= 15 is 13.2 Å². The van der Waals surface area contributed by atoms with Crippen LogP contribution >= 0.6 is 11.3 Å². The van der Waals surface area contributed by atoms with Crippen LogP contribution in [0.25, 0.3) is 43.4 Å². The fourth-order valence-electron chi connectivity index (χ4n) is 13.5. The summed E-state index contributed by atoms with van der Waals surface area (Å²) in [6, 6.07) is 12.6. The summed E-state index contributed by atoms with van der Waals surface area (Å²) in [7, 11) is 0. The quantitative estimate of drug-likeness (QED) is 0.0346. The summed E-state index contributed by atoms with van der Waals surface area (Å²) in [6.07, 6.45) is 10.8. The number of phenols is 1. The van der Waals surface area contributed by atoms with Crippen LogP contribution in [0, 0.1) is 30.9 Å². The number of ether oxygens (including phenoxy) is 1. The van der Waals surface area contributed by atoms with Gasteiger partial charge in [0.15, 0.2) is 22.9 Å². The van der Waals surface area contributed by atoms with Gasteiger partial charge in [0.25, 0.3) is 0 Å². The molecule has 84 heavy (non-hydrogen) atoms. The van der Waals surface area contributed by atoms with Crippen LogP contribution in [0.3, 0.4) is 0 Å². The van der Waals surface area contributed by atoms with Crippen LogP contribution in [0.4, 0.5) is 24.7 Å². The molecule has 18 nitrogen and oxygen atoms in total. The van der Waals surface area contributed by atoms with Crippen molar-refractivity contribution in [2.45, 2.75) is 132 Å². The van der Waals surface area contributed by atoms with Crippen molar-refractivity contribution >= 4 is 56.2 Å². The molecule has 2 bridgehead atoms. The lowest BCUT2D eigenvalue weighted by molar-refractivity contribution is -0.138. The normalized spacial score (nSPS) is 24.8. The number of aliphatic hydroxyl groups is 1. The number of β-amino-alcohol motifs (C(OH)–C–C–N with tert-alkyl or cyclic N) is 1. The number of rotatable bonds is 17. The molecule has 5 aliphatic rings. The Morgan fingerprint density at radius 3 is 2.58 bits per heavy atom. The number of nitrogens with zero attached hydrogens (tertiary/aromatic N) is 7. The number of pyridine rings is 1. The number of piperazine rings is 2. The van der Waals surface area contributed by atoms with Gasteiger partial charge in [-0.25, -0.2) is 18.2 Å². The average Bonchev–Trinajstić information content (AvgIpc) is 1.52. The molecule has 0 spiro atoms. The minimum atomic E-state index is -1.70. The van der Waals surface area contributed by atoms with E-state index in [0.717, 1.165) is 34.5 Å². The number of terminal acetylenes is 1.